The Hall–Kier alpha value is -1.72. The van der Waals surface area contributed by atoms with Crippen LogP contribution in [0.4, 0.5) is 8.78 Å². The molecule has 3 rings (SSSR count). The van der Waals surface area contributed by atoms with E-state index in [1.54, 1.807) is 23.0 Å². The Labute approximate surface area is 96.2 Å². The molecule has 0 spiro atoms. The fraction of sp³-hybridized carbons (Fsp3) is 0.455. The molecule has 90 valence electrons. The SMILES string of the molecule is FC(F)COc1cc2nccn2nc1C1CC1. The summed E-state index contributed by atoms with van der Waals surface area (Å²) >= 11 is 0. The van der Waals surface area contributed by atoms with Crippen molar-refractivity contribution in [2.45, 2.75) is 25.2 Å². The molecule has 0 aliphatic heterocycles. The highest BCUT2D eigenvalue weighted by molar-refractivity contribution is 5.46. The summed E-state index contributed by atoms with van der Waals surface area (Å²) in [4.78, 5) is 4.06. The van der Waals surface area contributed by atoms with Crippen LogP contribution < -0.4 is 4.74 Å². The van der Waals surface area contributed by atoms with Crippen molar-refractivity contribution in [1.29, 1.82) is 0 Å². The third kappa shape index (κ3) is 2.07. The molecule has 2 heterocycles. The fourth-order valence-electron chi connectivity index (χ4n) is 1.76. The number of imidazole rings is 1. The maximum Gasteiger partial charge on any atom is 0.272 e. The molecule has 4 nitrogen and oxygen atoms in total. The van der Waals surface area contributed by atoms with Crippen molar-refractivity contribution in [1.82, 2.24) is 14.6 Å². The van der Waals surface area contributed by atoms with Crippen LogP contribution in [-0.4, -0.2) is 27.6 Å². The van der Waals surface area contributed by atoms with Crippen molar-refractivity contribution in [3.05, 3.63) is 24.2 Å². The van der Waals surface area contributed by atoms with E-state index in [2.05, 4.69) is 10.1 Å². The van der Waals surface area contributed by atoms with Crippen molar-refractivity contribution in [3.63, 3.8) is 0 Å². The van der Waals surface area contributed by atoms with Gasteiger partial charge in [-0.2, -0.15) is 5.10 Å². The summed E-state index contributed by atoms with van der Waals surface area (Å²) in [6.07, 6.45) is 2.96. The fourth-order valence-corrected chi connectivity index (χ4v) is 1.76. The van der Waals surface area contributed by atoms with Crippen molar-refractivity contribution in [2.24, 2.45) is 0 Å². The van der Waals surface area contributed by atoms with E-state index in [1.165, 1.54) is 0 Å². The lowest BCUT2D eigenvalue weighted by molar-refractivity contribution is 0.0811. The molecule has 0 atom stereocenters. The highest BCUT2D eigenvalue weighted by atomic mass is 19.3. The van der Waals surface area contributed by atoms with Crippen LogP contribution >= 0.6 is 0 Å². The first-order chi connectivity index (χ1) is 8.24. The summed E-state index contributed by atoms with van der Waals surface area (Å²) in [6.45, 7) is -0.599. The molecule has 0 aromatic carbocycles. The Morgan fingerprint density at radius 3 is 3.00 bits per heavy atom. The molecule has 0 unspecified atom stereocenters. The molecule has 2 aromatic rings. The van der Waals surface area contributed by atoms with E-state index in [1.807, 2.05) is 0 Å². The van der Waals surface area contributed by atoms with Crippen LogP contribution in [-0.2, 0) is 0 Å². The smallest absolute Gasteiger partial charge is 0.272 e. The number of fused-ring (bicyclic) bond motifs is 1. The molecular weight excluding hydrogens is 228 g/mol. The van der Waals surface area contributed by atoms with Crippen LogP contribution in [0, 0.1) is 0 Å². The number of nitrogens with zero attached hydrogens (tertiary/aromatic N) is 3. The van der Waals surface area contributed by atoms with Crippen molar-refractivity contribution in [3.8, 4) is 5.75 Å². The quantitative estimate of drug-likeness (QED) is 0.821. The van der Waals surface area contributed by atoms with Gasteiger partial charge in [0.2, 0.25) is 0 Å². The molecule has 1 aliphatic carbocycles. The number of alkyl halides is 2. The van der Waals surface area contributed by atoms with Gasteiger partial charge in [0.05, 0.1) is 0 Å². The van der Waals surface area contributed by atoms with Gasteiger partial charge in [0.1, 0.15) is 18.1 Å². The van der Waals surface area contributed by atoms with Gasteiger partial charge in [0, 0.05) is 24.4 Å². The molecule has 1 aliphatic rings. The highest BCUT2D eigenvalue weighted by Gasteiger charge is 2.29. The van der Waals surface area contributed by atoms with E-state index in [-0.39, 0.29) is 0 Å². The van der Waals surface area contributed by atoms with E-state index >= 15 is 0 Å². The molecular formula is C11H11F2N3O. The Morgan fingerprint density at radius 1 is 1.47 bits per heavy atom. The highest BCUT2D eigenvalue weighted by Crippen LogP contribution is 2.43. The van der Waals surface area contributed by atoms with E-state index in [9.17, 15) is 8.78 Å². The minimum absolute atomic E-state index is 0.342. The first-order valence-corrected chi connectivity index (χ1v) is 5.49. The van der Waals surface area contributed by atoms with Gasteiger partial charge in [-0.1, -0.05) is 0 Å². The average Bonchev–Trinajstić information content (AvgIpc) is 3.04. The third-order valence-electron chi connectivity index (χ3n) is 2.71. The van der Waals surface area contributed by atoms with Crippen molar-refractivity contribution >= 4 is 5.65 Å². The topological polar surface area (TPSA) is 39.4 Å². The van der Waals surface area contributed by atoms with E-state index < -0.39 is 13.0 Å². The maximum absolute atomic E-state index is 12.2. The summed E-state index contributed by atoms with van der Waals surface area (Å²) < 4.78 is 31.1. The zero-order chi connectivity index (χ0) is 11.8. The second-order valence-corrected chi connectivity index (χ2v) is 4.10. The lowest BCUT2D eigenvalue weighted by Crippen LogP contribution is -2.10. The van der Waals surface area contributed by atoms with E-state index in [0.717, 1.165) is 18.5 Å². The predicted octanol–water partition coefficient (Wildman–Crippen LogP) is 2.25. The molecule has 2 aromatic heterocycles. The number of rotatable bonds is 4. The Morgan fingerprint density at radius 2 is 2.29 bits per heavy atom. The Bertz CT molecular complexity index is 536. The normalized spacial score (nSPS) is 15.7. The van der Waals surface area contributed by atoms with E-state index in [4.69, 9.17) is 4.74 Å². The van der Waals surface area contributed by atoms with Crippen LogP contribution in [0.3, 0.4) is 0 Å². The molecule has 0 radical (unpaired) electrons. The molecule has 0 bridgehead atoms. The predicted molar refractivity (Wildman–Crippen MR) is 56.5 cm³/mol. The van der Waals surface area contributed by atoms with Crippen molar-refractivity contribution in [2.75, 3.05) is 6.61 Å². The number of halogens is 2. The van der Waals surface area contributed by atoms with Gasteiger partial charge in [0.15, 0.2) is 5.65 Å². The van der Waals surface area contributed by atoms with Crippen LogP contribution in [0.2, 0.25) is 0 Å². The molecule has 1 fully saturated rings. The van der Waals surface area contributed by atoms with Gasteiger partial charge in [-0.15, -0.1) is 0 Å². The first-order valence-electron chi connectivity index (χ1n) is 5.49. The second kappa shape index (κ2) is 3.94. The summed E-state index contributed by atoms with van der Waals surface area (Å²) in [5.41, 5.74) is 1.37. The monoisotopic (exact) mass is 239 g/mol. The molecule has 0 amide bonds. The minimum Gasteiger partial charge on any atom is -0.485 e. The zero-order valence-corrected chi connectivity index (χ0v) is 9.01. The van der Waals surface area contributed by atoms with Gasteiger partial charge in [-0.25, -0.2) is 18.3 Å². The Balaban J connectivity index is 1.97. The summed E-state index contributed by atoms with van der Waals surface area (Å²) in [5.74, 6) is 0.779. The van der Waals surface area contributed by atoms with Gasteiger partial charge in [-0.05, 0) is 12.8 Å². The number of hydrogen-bond acceptors (Lipinski definition) is 3. The van der Waals surface area contributed by atoms with Crippen LogP contribution in [0.1, 0.15) is 24.5 Å². The van der Waals surface area contributed by atoms with Gasteiger partial charge >= 0.3 is 0 Å². The van der Waals surface area contributed by atoms with Crippen molar-refractivity contribution < 1.29 is 13.5 Å². The number of aromatic nitrogens is 3. The second-order valence-electron chi connectivity index (χ2n) is 4.10. The third-order valence-corrected chi connectivity index (χ3v) is 2.71. The molecule has 6 heteroatoms. The first kappa shape index (κ1) is 10.4. The maximum atomic E-state index is 12.2. The largest absolute Gasteiger partial charge is 0.485 e. The minimum atomic E-state index is -2.47. The lowest BCUT2D eigenvalue weighted by Gasteiger charge is -2.10. The lowest BCUT2D eigenvalue weighted by atomic mass is 10.2. The van der Waals surface area contributed by atoms with E-state index in [0.29, 0.717) is 17.3 Å². The van der Waals surface area contributed by atoms with Gasteiger partial charge in [0.25, 0.3) is 6.43 Å². The summed E-state index contributed by atoms with van der Waals surface area (Å²) in [7, 11) is 0. The van der Waals surface area contributed by atoms with Gasteiger partial charge < -0.3 is 4.74 Å². The summed E-state index contributed by atoms with van der Waals surface area (Å²) in [5, 5.41) is 4.36. The van der Waals surface area contributed by atoms with Crippen LogP contribution in [0.15, 0.2) is 18.5 Å². The summed E-state index contributed by atoms with van der Waals surface area (Å²) in [6, 6.07) is 1.67. The molecule has 1 saturated carbocycles. The average molecular weight is 239 g/mol. The standard InChI is InChI=1S/C11H11F2N3O/c12-9(13)6-17-8-5-10-14-3-4-16(10)15-11(8)7-1-2-7/h3-5,7,9H,1-2,6H2. The Kier molecular flexibility index (Phi) is 2.42. The zero-order valence-electron chi connectivity index (χ0n) is 9.01. The van der Waals surface area contributed by atoms with Gasteiger partial charge in [-0.3, -0.25) is 0 Å². The molecule has 17 heavy (non-hydrogen) atoms. The number of hydrogen-bond donors (Lipinski definition) is 0. The van der Waals surface area contributed by atoms with Crippen LogP contribution in [0.5, 0.6) is 5.75 Å². The molecule has 0 saturated heterocycles. The number of ether oxygens (including phenoxy) is 1. The molecule has 0 N–H and O–H groups in total. The van der Waals surface area contributed by atoms with Crippen LogP contribution in [0.25, 0.3) is 5.65 Å².